The molecule has 0 spiro atoms. The predicted octanol–water partition coefficient (Wildman–Crippen LogP) is 4.16. The number of nitrogens with zero attached hydrogens (tertiary/aromatic N) is 2. The van der Waals surface area contributed by atoms with Crippen molar-refractivity contribution >= 4 is 34.8 Å². The van der Waals surface area contributed by atoms with Gasteiger partial charge in [0, 0.05) is 36.8 Å². The minimum absolute atomic E-state index is 0.0917. The van der Waals surface area contributed by atoms with Gasteiger partial charge in [0.05, 0.1) is 20.6 Å². The summed E-state index contributed by atoms with van der Waals surface area (Å²) in [7, 11) is 2.94. The van der Waals surface area contributed by atoms with Crippen molar-refractivity contribution in [2.45, 2.75) is 19.9 Å². The quantitative estimate of drug-likeness (QED) is 0.342. The number of aliphatic carboxylic acids is 1. The van der Waals surface area contributed by atoms with E-state index in [2.05, 4.69) is 20.6 Å². The van der Waals surface area contributed by atoms with Crippen molar-refractivity contribution in [1.29, 1.82) is 0 Å². The fourth-order valence-electron chi connectivity index (χ4n) is 4.32. The molecule has 0 aliphatic heterocycles. The maximum Gasteiger partial charge on any atom is 0.322 e. The number of methoxy groups -OCH3 is 2. The van der Waals surface area contributed by atoms with Gasteiger partial charge >= 0.3 is 5.97 Å². The van der Waals surface area contributed by atoms with E-state index in [1.165, 1.54) is 26.5 Å². The molecule has 1 aliphatic rings. The Morgan fingerprint density at radius 1 is 1.11 bits per heavy atom. The molecule has 3 N–H and O–H groups in total. The summed E-state index contributed by atoms with van der Waals surface area (Å²) < 4.78 is 25.1. The predicted molar refractivity (Wildman–Crippen MR) is 141 cm³/mol. The fraction of sp³-hybridized carbons (Fsp3) is 0.214. The van der Waals surface area contributed by atoms with E-state index in [9.17, 15) is 14.0 Å². The van der Waals surface area contributed by atoms with Crippen LogP contribution >= 0.6 is 0 Å². The minimum atomic E-state index is -1.03. The molecule has 1 amide bonds. The molecule has 0 saturated carbocycles. The number of fused-ring (bicyclic) bond motifs is 1. The van der Waals surface area contributed by atoms with Crippen molar-refractivity contribution in [3.05, 3.63) is 82.7 Å². The average molecular weight is 519 g/mol. The van der Waals surface area contributed by atoms with Gasteiger partial charge in [-0.1, -0.05) is 6.07 Å². The molecular weight excluding hydrogens is 491 g/mol. The third-order valence-corrected chi connectivity index (χ3v) is 6.15. The van der Waals surface area contributed by atoms with Crippen LogP contribution in [0.3, 0.4) is 0 Å². The summed E-state index contributed by atoms with van der Waals surface area (Å²) in [4.78, 5) is 31.7. The van der Waals surface area contributed by atoms with Gasteiger partial charge in [-0.05, 0) is 64.6 Å². The zero-order chi connectivity index (χ0) is 27.2. The second-order valence-electron chi connectivity index (χ2n) is 8.58. The first kappa shape index (κ1) is 26.3. The number of halogens is 1. The first-order valence-corrected chi connectivity index (χ1v) is 11.8. The van der Waals surface area contributed by atoms with Crippen LogP contribution in [-0.4, -0.2) is 47.7 Å². The minimum Gasteiger partial charge on any atom is -0.494 e. The molecule has 0 saturated heterocycles. The number of hydrogen-bond donors (Lipinski definition) is 3. The van der Waals surface area contributed by atoms with E-state index in [0.717, 1.165) is 22.3 Å². The van der Waals surface area contributed by atoms with Crippen LogP contribution in [0, 0.1) is 5.95 Å². The third-order valence-electron chi connectivity index (χ3n) is 6.15. The summed E-state index contributed by atoms with van der Waals surface area (Å²) in [5, 5.41) is 14.7. The smallest absolute Gasteiger partial charge is 0.322 e. The van der Waals surface area contributed by atoms with Crippen LogP contribution in [0.1, 0.15) is 35.6 Å². The molecule has 1 aromatic carbocycles. The topological polar surface area (TPSA) is 123 Å². The van der Waals surface area contributed by atoms with Gasteiger partial charge in [-0.25, -0.2) is 4.98 Å². The maximum absolute atomic E-state index is 14.2. The van der Waals surface area contributed by atoms with Crippen molar-refractivity contribution in [2.24, 2.45) is 0 Å². The molecule has 38 heavy (non-hydrogen) atoms. The summed E-state index contributed by atoms with van der Waals surface area (Å²) in [6, 6.07) is 8.48. The van der Waals surface area contributed by atoms with E-state index in [1.807, 2.05) is 19.1 Å². The molecule has 9 nitrogen and oxygen atoms in total. The number of nitrogens with one attached hydrogen (secondary N) is 2. The third kappa shape index (κ3) is 5.80. The maximum atomic E-state index is 14.2. The van der Waals surface area contributed by atoms with E-state index in [-0.39, 0.29) is 18.9 Å². The molecule has 0 fully saturated rings. The standard InChI is InChI=1S/C28H27FN4O5/c1-16-19(7-18-8-23(37-2)28(24(9-18)38-3)33-15-27(35)36)21-10-25(29)31-14-22(21)20(16)11-26(34)32-13-17-5-4-6-30-12-17/h4-10,12,14,33H,11,13,15H2,1-3H3,(H,32,34)(H,35,36)/b19-7-. The number of carboxylic acid groups (broad SMARTS) is 1. The zero-order valence-corrected chi connectivity index (χ0v) is 21.2. The monoisotopic (exact) mass is 518 g/mol. The van der Waals surface area contributed by atoms with Crippen LogP contribution in [0.2, 0.25) is 0 Å². The summed E-state index contributed by atoms with van der Waals surface area (Å²) in [5.41, 5.74) is 5.57. The summed E-state index contributed by atoms with van der Waals surface area (Å²) in [6.07, 6.45) is 6.74. The Morgan fingerprint density at radius 2 is 1.84 bits per heavy atom. The number of allylic oxidation sites excluding steroid dienone is 2. The van der Waals surface area contributed by atoms with Gasteiger partial charge in [0.1, 0.15) is 23.7 Å². The number of ether oxygens (including phenoxy) is 2. The second kappa shape index (κ2) is 11.5. The highest BCUT2D eigenvalue weighted by Crippen LogP contribution is 2.44. The second-order valence-corrected chi connectivity index (χ2v) is 8.58. The summed E-state index contributed by atoms with van der Waals surface area (Å²) >= 11 is 0. The lowest BCUT2D eigenvalue weighted by Gasteiger charge is -2.15. The molecular formula is C28H27FN4O5. The Kier molecular flexibility index (Phi) is 8.00. The number of aromatic nitrogens is 2. The van der Waals surface area contributed by atoms with Crippen molar-refractivity contribution in [1.82, 2.24) is 15.3 Å². The lowest BCUT2D eigenvalue weighted by atomic mass is 10.0. The normalized spacial score (nSPS) is 13.3. The Balaban J connectivity index is 1.68. The highest BCUT2D eigenvalue weighted by molar-refractivity contribution is 6.08. The highest BCUT2D eigenvalue weighted by atomic mass is 19.1. The van der Waals surface area contributed by atoms with Crippen molar-refractivity contribution in [2.75, 3.05) is 26.1 Å². The first-order chi connectivity index (χ1) is 18.3. The Labute approximate surface area is 219 Å². The molecule has 1 aliphatic carbocycles. The molecule has 4 rings (SSSR count). The zero-order valence-electron chi connectivity index (χ0n) is 21.2. The van der Waals surface area contributed by atoms with Gasteiger partial charge in [-0.15, -0.1) is 0 Å². The summed E-state index contributed by atoms with van der Waals surface area (Å²) in [6.45, 7) is 1.91. The van der Waals surface area contributed by atoms with E-state index < -0.39 is 11.9 Å². The van der Waals surface area contributed by atoms with Crippen molar-refractivity contribution in [3.8, 4) is 11.5 Å². The van der Waals surface area contributed by atoms with Crippen LogP contribution in [-0.2, 0) is 16.1 Å². The molecule has 2 heterocycles. The van der Waals surface area contributed by atoms with Crippen molar-refractivity contribution < 1.29 is 28.6 Å². The average Bonchev–Trinajstić information content (AvgIpc) is 3.16. The van der Waals surface area contributed by atoms with Gasteiger partial charge in [0.15, 0.2) is 0 Å². The lowest BCUT2D eigenvalue weighted by molar-refractivity contribution is -0.135. The molecule has 2 aromatic heterocycles. The Bertz CT molecular complexity index is 1410. The number of pyridine rings is 2. The molecule has 0 bridgehead atoms. The number of benzene rings is 1. The van der Waals surface area contributed by atoms with Gasteiger partial charge < -0.3 is 25.2 Å². The number of anilines is 1. The number of amides is 1. The Hall–Kier alpha value is -4.73. The van der Waals surface area contributed by atoms with Crippen LogP contribution in [0.25, 0.3) is 17.2 Å². The highest BCUT2D eigenvalue weighted by Gasteiger charge is 2.26. The van der Waals surface area contributed by atoms with Crippen LogP contribution in [0.5, 0.6) is 11.5 Å². The van der Waals surface area contributed by atoms with Crippen molar-refractivity contribution in [3.63, 3.8) is 0 Å². The van der Waals surface area contributed by atoms with E-state index in [0.29, 0.717) is 40.4 Å². The summed E-state index contributed by atoms with van der Waals surface area (Å²) in [5.74, 6) is -1.08. The van der Waals surface area contributed by atoms with E-state index in [1.54, 1.807) is 30.6 Å². The Morgan fingerprint density at radius 3 is 2.47 bits per heavy atom. The van der Waals surface area contributed by atoms with E-state index in [4.69, 9.17) is 14.6 Å². The largest absolute Gasteiger partial charge is 0.494 e. The van der Waals surface area contributed by atoms with E-state index >= 15 is 0 Å². The van der Waals surface area contributed by atoms with Crippen LogP contribution in [0.15, 0.2) is 54.5 Å². The molecule has 0 unspecified atom stereocenters. The van der Waals surface area contributed by atoms with Crippen LogP contribution in [0.4, 0.5) is 10.1 Å². The molecule has 0 radical (unpaired) electrons. The number of hydrogen-bond acceptors (Lipinski definition) is 7. The fourth-order valence-corrected chi connectivity index (χ4v) is 4.32. The number of carbonyl (C=O) groups is 2. The van der Waals surface area contributed by atoms with Gasteiger partial charge in [-0.2, -0.15) is 4.39 Å². The lowest BCUT2D eigenvalue weighted by Crippen LogP contribution is -2.22. The van der Waals surface area contributed by atoms with Gasteiger partial charge in [0.2, 0.25) is 11.9 Å². The van der Waals surface area contributed by atoms with Gasteiger partial charge in [-0.3, -0.25) is 14.6 Å². The number of rotatable bonds is 10. The molecule has 196 valence electrons. The van der Waals surface area contributed by atoms with Gasteiger partial charge in [0.25, 0.3) is 0 Å². The molecule has 0 atom stereocenters. The molecule has 10 heteroatoms. The van der Waals surface area contributed by atoms with Crippen LogP contribution < -0.4 is 20.1 Å². The number of carbonyl (C=O) groups excluding carboxylic acids is 1. The molecule has 3 aromatic rings. The first-order valence-electron chi connectivity index (χ1n) is 11.8. The SMILES string of the molecule is COc1cc(/C=C2/C(C)=C(CC(=O)NCc3cccnc3)c3cnc(F)cc32)cc(OC)c1NCC(=O)O. The number of carboxylic acids is 1.